The van der Waals surface area contributed by atoms with E-state index in [1.807, 2.05) is 31.2 Å². The number of nitrogens with zero attached hydrogens (tertiary/aromatic N) is 2. The number of hydrogen-bond donors (Lipinski definition) is 0. The predicted molar refractivity (Wildman–Crippen MR) is 159 cm³/mol. The molecule has 3 nitrogen and oxygen atoms in total. The summed E-state index contributed by atoms with van der Waals surface area (Å²) in [5.41, 5.74) is 10.1. The zero-order valence-electron chi connectivity index (χ0n) is 25.4. The third-order valence-electron chi connectivity index (χ3n) is 8.00. The molecule has 0 radical (unpaired) electrons. The van der Waals surface area contributed by atoms with Gasteiger partial charge in [-0.1, -0.05) is 83.1 Å². The van der Waals surface area contributed by atoms with Gasteiger partial charge >= 0.3 is 0 Å². The summed E-state index contributed by atoms with van der Waals surface area (Å²) in [4.78, 5) is 0. The second kappa shape index (κ2) is 9.16. The van der Waals surface area contributed by atoms with Crippen molar-refractivity contribution in [1.29, 1.82) is 0 Å². The van der Waals surface area contributed by atoms with Gasteiger partial charge < -0.3 is 4.42 Å². The van der Waals surface area contributed by atoms with Gasteiger partial charge in [0.15, 0.2) is 16.6 Å². The van der Waals surface area contributed by atoms with Crippen molar-refractivity contribution in [3.8, 4) is 17.1 Å². The molecule has 0 aliphatic heterocycles. The number of hydrogen-bond acceptors (Lipinski definition) is 1. The van der Waals surface area contributed by atoms with E-state index in [1.165, 1.54) is 16.8 Å². The number of benzene rings is 4. The second-order valence-electron chi connectivity index (χ2n) is 11.0. The molecule has 3 heteroatoms. The average Bonchev–Trinajstić information content (AvgIpc) is 3.42. The molecule has 2 aromatic heterocycles. The highest BCUT2D eigenvalue weighted by Crippen LogP contribution is 2.42. The summed E-state index contributed by atoms with van der Waals surface area (Å²) in [7, 11) is 2.11. The highest BCUT2D eigenvalue weighted by Gasteiger charge is 2.34. The van der Waals surface area contributed by atoms with Crippen LogP contribution in [0.3, 0.4) is 0 Å². The van der Waals surface area contributed by atoms with Crippen LogP contribution in [0.15, 0.2) is 77.2 Å². The van der Waals surface area contributed by atoms with Crippen LogP contribution >= 0.6 is 0 Å². The fourth-order valence-electron chi connectivity index (χ4n) is 6.07. The highest BCUT2D eigenvalue weighted by atomic mass is 16.3. The van der Waals surface area contributed by atoms with Crippen LogP contribution in [0.4, 0.5) is 0 Å². The number of para-hydroxylation sites is 4. The molecule has 0 spiro atoms. The quantitative estimate of drug-likeness (QED) is 0.215. The number of rotatable bonds is 5. The largest absolute Gasteiger partial charge is 0.455 e. The summed E-state index contributed by atoms with van der Waals surface area (Å²) < 4.78 is 28.9. The van der Waals surface area contributed by atoms with E-state index in [4.69, 9.17) is 7.16 Å². The summed E-state index contributed by atoms with van der Waals surface area (Å²) in [6.45, 7) is 12.7. The first-order valence-electron chi connectivity index (χ1n) is 14.6. The van der Waals surface area contributed by atoms with Gasteiger partial charge in [-0.3, -0.25) is 0 Å². The van der Waals surface area contributed by atoms with Gasteiger partial charge in [0.2, 0.25) is 0 Å². The standard InChI is InChI=1S/C35H37N2O/c1-8-24-20-28-27-14-9-12-19-31(27)38-34(28)32(23(24)6)35-36(7)29-17-10-11-18-30(29)37(35)33-25(21(2)3)15-13-16-26(33)22(4)5/h9-22H,8H2,1-7H3/q+1/i8D2. The lowest BCUT2D eigenvalue weighted by molar-refractivity contribution is -0.633. The zero-order chi connectivity index (χ0) is 28.5. The molecule has 0 aliphatic carbocycles. The third kappa shape index (κ3) is 3.52. The minimum atomic E-state index is -1.53. The number of furan rings is 1. The molecule has 192 valence electrons. The molecule has 0 saturated carbocycles. The van der Waals surface area contributed by atoms with Crippen molar-refractivity contribution >= 4 is 33.0 Å². The Hall–Kier alpha value is -3.85. The Kier molecular flexibility index (Phi) is 5.34. The van der Waals surface area contributed by atoms with Crippen LogP contribution in [0.2, 0.25) is 0 Å². The summed E-state index contributed by atoms with van der Waals surface area (Å²) in [5, 5.41) is 1.94. The van der Waals surface area contributed by atoms with Crippen molar-refractivity contribution in [2.45, 2.75) is 59.8 Å². The van der Waals surface area contributed by atoms with Crippen molar-refractivity contribution in [2.24, 2.45) is 7.05 Å². The lowest BCUT2D eigenvalue weighted by Gasteiger charge is -2.19. The van der Waals surface area contributed by atoms with Gasteiger partial charge in [-0.15, -0.1) is 0 Å². The van der Waals surface area contributed by atoms with Crippen molar-refractivity contribution in [3.05, 3.63) is 95.1 Å². The van der Waals surface area contributed by atoms with Crippen molar-refractivity contribution in [3.63, 3.8) is 0 Å². The zero-order valence-corrected chi connectivity index (χ0v) is 23.4. The summed E-state index contributed by atoms with van der Waals surface area (Å²) in [6, 6.07) is 25.3. The molecule has 0 atom stereocenters. The van der Waals surface area contributed by atoms with Gasteiger partial charge in [0.05, 0.1) is 7.05 Å². The van der Waals surface area contributed by atoms with Gasteiger partial charge in [0, 0.05) is 24.6 Å². The number of aryl methyl sites for hydroxylation is 2. The topological polar surface area (TPSA) is 21.9 Å². The minimum absolute atomic E-state index is 0.316. The fraction of sp³-hybridized carbons (Fsp3) is 0.286. The van der Waals surface area contributed by atoms with Gasteiger partial charge in [0.1, 0.15) is 16.8 Å². The van der Waals surface area contributed by atoms with Gasteiger partial charge in [-0.05, 0) is 60.5 Å². The Labute approximate surface area is 228 Å². The normalized spacial score (nSPS) is 13.3. The lowest BCUT2D eigenvalue weighted by Crippen LogP contribution is -2.31. The molecule has 38 heavy (non-hydrogen) atoms. The van der Waals surface area contributed by atoms with E-state index in [-0.39, 0.29) is 0 Å². The van der Waals surface area contributed by atoms with Crippen molar-refractivity contribution in [1.82, 2.24) is 4.57 Å². The van der Waals surface area contributed by atoms with Crippen LogP contribution in [0, 0.1) is 6.92 Å². The van der Waals surface area contributed by atoms with Crippen LogP contribution in [-0.2, 0) is 13.4 Å². The molecule has 0 fully saturated rings. The van der Waals surface area contributed by atoms with E-state index >= 15 is 0 Å². The minimum Gasteiger partial charge on any atom is -0.455 e. The number of imidazole rings is 1. The van der Waals surface area contributed by atoms with Crippen LogP contribution in [-0.4, -0.2) is 4.57 Å². The Morgan fingerprint density at radius 1 is 0.868 bits per heavy atom. The molecule has 0 N–H and O–H groups in total. The first-order valence-corrected chi connectivity index (χ1v) is 13.6. The van der Waals surface area contributed by atoms with E-state index in [2.05, 4.69) is 92.4 Å². The summed E-state index contributed by atoms with van der Waals surface area (Å²) in [5.74, 6) is 1.62. The van der Waals surface area contributed by atoms with Crippen molar-refractivity contribution in [2.75, 3.05) is 0 Å². The fourth-order valence-corrected chi connectivity index (χ4v) is 6.07. The van der Waals surface area contributed by atoms with Gasteiger partial charge in [-0.25, -0.2) is 4.57 Å². The van der Waals surface area contributed by atoms with E-state index in [0.717, 1.165) is 49.9 Å². The molecular weight excluding hydrogens is 464 g/mol. The third-order valence-corrected chi connectivity index (χ3v) is 8.00. The molecule has 4 aromatic carbocycles. The molecule has 0 unspecified atom stereocenters. The Bertz CT molecular complexity index is 1890. The van der Waals surface area contributed by atoms with Crippen LogP contribution < -0.4 is 4.57 Å². The molecule has 0 amide bonds. The van der Waals surface area contributed by atoms with Crippen LogP contribution in [0.25, 0.3) is 50.0 Å². The van der Waals surface area contributed by atoms with Gasteiger partial charge in [0.25, 0.3) is 5.82 Å². The second-order valence-corrected chi connectivity index (χ2v) is 11.0. The molecule has 0 bridgehead atoms. The lowest BCUT2D eigenvalue weighted by atomic mass is 9.91. The molecule has 6 rings (SSSR count). The first kappa shape index (κ1) is 22.2. The number of aromatic nitrogens is 2. The Morgan fingerprint density at radius 3 is 2.21 bits per heavy atom. The predicted octanol–water partition coefficient (Wildman–Crippen LogP) is 9.14. The van der Waals surface area contributed by atoms with Crippen molar-refractivity contribution < 1.29 is 11.7 Å². The molecule has 0 aliphatic rings. The maximum Gasteiger partial charge on any atom is 0.299 e. The van der Waals surface area contributed by atoms with E-state index in [1.54, 1.807) is 6.92 Å². The Balaban J connectivity index is 1.89. The SMILES string of the molecule is [2H]C([2H])(C)c1cc2c(oc3ccccc32)c(-c2n(-c3c(C(C)C)cccc3C(C)C)c3ccccc3[n+]2C)c1C. The molecular formula is C35H37N2O+. The summed E-state index contributed by atoms with van der Waals surface area (Å²) >= 11 is 0. The maximum absolute atomic E-state index is 8.79. The number of fused-ring (bicyclic) bond motifs is 4. The van der Waals surface area contributed by atoms with E-state index < -0.39 is 6.37 Å². The van der Waals surface area contributed by atoms with Crippen LogP contribution in [0.5, 0.6) is 0 Å². The van der Waals surface area contributed by atoms with E-state index in [9.17, 15) is 0 Å². The van der Waals surface area contributed by atoms with Crippen LogP contribution in [0.1, 0.15) is 71.4 Å². The first-order chi connectivity index (χ1) is 19.0. The highest BCUT2D eigenvalue weighted by molar-refractivity contribution is 6.10. The van der Waals surface area contributed by atoms with Gasteiger partial charge in [-0.2, -0.15) is 4.57 Å². The smallest absolute Gasteiger partial charge is 0.299 e. The van der Waals surface area contributed by atoms with E-state index in [0.29, 0.717) is 17.4 Å². The monoisotopic (exact) mass is 503 g/mol. The Morgan fingerprint density at radius 2 is 1.53 bits per heavy atom. The average molecular weight is 504 g/mol. The molecule has 2 heterocycles. The maximum atomic E-state index is 8.79. The molecule has 0 saturated heterocycles. The molecule has 6 aromatic rings. The summed E-state index contributed by atoms with van der Waals surface area (Å²) in [6.07, 6.45) is -1.53.